The second kappa shape index (κ2) is 8.84. The number of halogens is 1. The van der Waals surface area contributed by atoms with Gasteiger partial charge in [-0.1, -0.05) is 12.1 Å². The summed E-state index contributed by atoms with van der Waals surface area (Å²) in [4.78, 5) is 15.0. The number of carbonyl (C=O) groups excluding carboxylic acids is 1. The number of benzene rings is 1. The molecule has 1 amide bonds. The maximum Gasteiger partial charge on any atom is 0.276 e. The normalized spacial score (nSPS) is 18.3. The van der Waals surface area contributed by atoms with Crippen molar-refractivity contribution in [1.29, 1.82) is 0 Å². The van der Waals surface area contributed by atoms with Crippen molar-refractivity contribution in [3.8, 4) is 0 Å². The number of hydrogen-bond acceptors (Lipinski definition) is 5. The number of amides is 1. The second-order valence-corrected chi connectivity index (χ2v) is 6.86. The van der Waals surface area contributed by atoms with Crippen LogP contribution >= 0.6 is 12.4 Å². The van der Waals surface area contributed by atoms with Crippen LogP contribution in [0.3, 0.4) is 0 Å². The number of H-pyrrole nitrogens is 1. The number of aromatic amines is 1. The van der Waals surface area contributed by atoms with Crippen LogP contribution in [0.2, 0.25) is 0 Å². The molecule has 3 heterocycles. The average molecular weight is 392 g/mol. The minimum Gasteiger partial charge on any atom is -0.379 e. The van der Waals surface area contributed by atoms with E-state index in [9.17, 15) is 4.79 Å². The molecule has 1 aromatic heterocycles. The summed E-state index contributed by atoms with van der Waals surface area (Å²) in [5.41, 5.74) is 4.55. The van der Waals surface area contributed by atoms with Crippen LogP contribution in [0.4, 0.5) is 5.69 Å². The molecular weight excluding hydrogens is 366 g/mol. The lowest BCUT2D eigenvalue weighted by Gasteiger charge is -2.32. The van der Waals surface area contributed by atoms with Crippen molar-refractivity contribution in [3.05, 3.63) is 46.8 Å². The predicted molar refractivity (Wildman–Crippen MR) is 106 cm³/mol. The highest BCUT2D eigenvalue weighted by Gasteiger charge is 2.22. The fourth-order valence-corrected chi connectivity index (χ4v) is 3.62. The molecule has 2 aliphatic heterocycles. The minimum atomic E-state index is -0.167. The van der Waals surface area contributed by atoms with Gasteiger partial charge in [-0.2, -0.15) is 5.10 Å². The summed E-state index contributed by atoms with van der Waals surface area (Å²) in [5, 5.41) is 13.4. The van der Waals surface area contributed by atoms with Crippen LogP contribution in [0, 0.1) is 0 Å². The third-order valence-corrected chi connectivity index (χ3v) is 5.27. The summed E-state index contributed by atoms with van der Waals surface area (Å²) >= 11 is 0. The summed E-state index contributed by atoms with van der Waals surface area (Å²) < 4.78 is 5.42. The summed E-state index contributed by atoms with van der Waals surface area (Å²) in [6.45, 7) is 7.31. The van der Waals surface area contributed by atoms with Crippen molar-refractivity contribution in [2.75, 3.05) is 38.2 Å². The molecule has 146 valence electrons. The van der Waals surface area contributed by atoms with Gasteiger partial charge in [0.1, 0.15) is 0 Å². The summed E-state index contributed by atoms with van der Waals surface area (Å²) in [5.74, 6) is -0.167. The fraction of sp³-hybridized carbons (Fsp3) is 0.474. The van der Waals surface area contributed by atoms with Crippen LogP contribution in [-0.4, -0.2) is 53.9 Å². The van der Waals surface area contributed by atoms with Crippen molar-refractivity contribution in [2.45, 2.75) is 25.9 Å². The number of carbonyl (C=O) groups is 1. The molecule has 0 radical (unpaired) electrons. The molecule has 1 aromatic carbocycles. The smallest absolute Gasteiger partial charge is 0.276 e. The van der Waals surface area contributed by atoms with E-state index in [1.54, 1.807) is 0 Å². The topological polar surface area (TPSA) is 82.3 Å². The van der Waals surface area contributed by atoms with Crippen molar-refractivity contribution in [1.82, 2.24) is 20.4 Å². The van der Waals surface area contributed by atoms with E-state index < -0.39 is 0 Å². The maximum absolute atomic E-state index is 12.6. The Bertz CT molecular complexity index is 771. The molecule has 27 heavy (non-hydrogen) atoms. The van der Waals surface area contributed by atoms with Gasteiger partial charge in [0, 0.05) is 55.6 Å². The highest BCUT2D eigenvalue weighted by molar-refractivity contribution is 6.04. The maximum atomic E-state index is 12.6. The third-order valence-electron chi connectivity index (χ3n) is 5.27. The van der Waals surface area contributed by atoms with E-state index in [-0.39, 0.29) is 18.3 Å². The van der Waals surface area contributed by atoms with E-state index in [1.807, 2.05) is 12.1 Å². The number of nitrogens with one attached hydrogen (secondary N) is 3. The first kappa shape index (κ1) is 19.8. The molecule has 0 spiro atoms. The van der Waals surface area contributed by atoms with E-state index in [0.29, 0.717) is 18.3 Å². The first-order chi connectivity index (χ1) is 12.7. The Morgan fingerprint density at radius 1 is 1.26 bits per heavy atom. The zero-order valence-corrected chi connectivity index (χ0v) is 16.3. The Hall–Kier alpha value is -1.93. The largest absolute Gasteiger partial charge is 0.379 e. The molecule has 1 fully saturated rings. The molecule has 0 saturated carbocycles. The molecule has 1 saturated heterocycles. The number of fused-ring (bicyclic) bond motifs is 1. The Labute approximate surface area is 165 Å². The first-order valence-corrected chi connectivity index (χ1v) is 9.22. The Morgan fingerprint density at radius 2 is 2.00 bits per heavy atom. The molecule has 3 N–H and O–H groups in total. The SMILES string of the molecule is CC(c1ccc(NC(=O)c2n[nH]c3c2CNCC3)cc1)N1CCOCC1.Cl. The average Bonchev–Trinajstić information content (AvgIpc) is 3.13. The van der Waals surface area contributed by atoms with E-state index in [1.165, 1.54) is 5.56 Å². The quantitative estimate of drug-likeness (QED) is 0.743. The molecular formula is C19H26ClN5O2. The summed E-state index contributed by atoms with van der Waals surface area (Å²) in [6.07, 6.45) is 0.879. The van der Waals surface area contributed by atoms with Gasteiger partial charge in [0.25, 0.3) is 5.91 Å². The Morgan fingerprint density at radius 3 is 2.74 bits per heavy atom. The van der Waals surface area contributed by atoms with Crippen LogP contribution in [0.1, 0.15) is 40.3 Å². The van der Waals surface area contributed by atoms with Gasteiger partial charge >= 0.3 is 0 Å². The summed E-state index contributed by atoms with van der Waals surface area (Å²) in [7, 11) is 0. The molecule has 8 heteroatoms. The molecule has 1 atom stereocenters. The highest BCUT2D eigenvalue weighted by atomic mass is 35.5. The number of morpholine rings is 1. The molecule has 1 unspecified atom stereocenters. The van der Waals surface area contributed by atoms with Gasteiger partial charge in [-0.25, -0.2) is 0 Å². The number of nitrogens with zero attached hydrogens (tertiary/aromatic N) is 2. The number of rotatable bonds is 4. The molecule has 4 rings (SSSR count). The molecule has 0 aliphatic carbocycles. The summed E-state index contributed by atoms with van der Waals surface area (Å²) in [6, 6.07) is 8.42. The van der Waals surface area contributed by atoms with Crippen molar-refractivity contribution >= 4 is 24.0 Å². The van der Waals surface area contributed by atoms with Crippen LogP contribution in [0.15, 0.2) is 24.3 Å². The third kappa shape index (κ3) is 4.32. The Kier molecular flexibility index (Phi) is 6.49. The van der Waals surface area contributed by atoms with E-state index >= 15 is 0 Å². The zero-order valence-electron chi connectivity index (χ0n) is 15.5. The molecule has 2 aromatic rings. The van der Waals surface area contributed by atoms with Gasteiger partial charge in [-0.3, -0.25) is 14.8 Å². The second-order valence-electron chi connectivity index (χ2n) is 6.86. The zero-order chi connectivity index (χ0) is 17.9. The van der Waals surface area contributed by atoms with Gasteiger partial charge in [-0.15, -0.1) is 12.4 Å². The van der Waals surface area contributed by atoms with Gasteiger partial charge in [0.15, 0.2) is 5.69 Å². The van der Waals surface area contributed by atoms with Crippen LogP contribution < -0.4 is 10.6 Å². The van der Waals surface area contributed by atoms with Gasteiger partial charge in [-0.05, 0) is 24.6 Å². The van der Waals surface area contributed by atoms with E-state index in [0.717, 1.165) is 56.2 Å². The lowest BCUT2D eigenvalue weighted by molar-refractivity contribution is 0.0198. The van der Waals surface area contributed by atoms with Crippen molar-refractivity contribution in [2.24, 2.45) is 0 Å². The predicted octanol–water partition coefficient (Wildman–Crippen LogP) is 2.12. The van der Waals surface area contributed by atoms with Crippen molar-refractivity contribution < 1.29 is 9.53 Å². The standard InChI is InChI=1S/C19H25N5O2.ClH/c1-13(24-8-10-26-11-9-24)14-2-4-15(5-3-14)21-19(25)18-16-12-20-7-6-17(16)22-23-18;/h2-5,13,20H,6-12H2,1H3,(H,21,25)(H,22,23);1H. The van der Waals surface area contributed by atoms with Crippen LogP contribution in [0.5, 0.6) is 0 Å². The Balaban J connectivity index is 0.00000210. The number of hydrogen-bond donors (Lipinski definition) is 3. The lowest BCUT2D eigenvalue weighted by atomic mass is 10.1. The number of anilines is 1. The number of ether oxygens (including phenoxy) is 1. The molecule has 2 aliphatic rings. The highest BCUT2D eigenvalue weighted by Crippen LogP contribution is 2.23. The minimum absolute atomic E-state index is 0. The molecule has 7 nitrogen and oxygen atoms in total. The molecule has 0 bridgehead atoms. The van der Waals surface area contributed by atoms with E-state index in [4.69, 9.17) is 4.74 Å². The number of aromatic nitrogens is 2. The first-order valence-electron chi connectivity index (χ1n) is 9.22. The van der Waals surface area contributed by atoms with Gasteiger partial charge in [0.2, 0.25) is 0 Å². The fourth-order valence-electron chi connectivity index (χ4n) is 3.62. The van der Waals surface area contributed by atoms with Gasteiger partial charge in [0.05, 0.1) is 13.2 Å². The van der Waals surface area contributed by atoms with Crippen LogP contribution in [-0.2, 0) is 17.7 Å². The lowest BCUT2D eigenvalue weighted by Crippen LogP contribution is -2.38. The van der Waals surface area contributed by atoms with Gasteiger partial charge < -0.3 is 15.4 Å². The van der Waals surface area contributed by atoms with Crippen LogP contribution in [0.25, 0.3) is 0 Å². The van der Waals surface area contributed by atoms with E-state index in [2.05, 4.69) is 44.8 Å². The van der Waals surface area contributed by atoms with Crippen molar-refractivity contribution in [3.63, 3.8) is 0 Å². The monoisotopic (exact) mass is 391 g/mol.